The number of hydrogen-bond donors (Lipinski definition) is 1. The normalized spacial score (nSPS) is 13.8. The highest BCUT2D eigenvalue weighted by atomic mass is 19.4. The molecule has 1 aromatic heterocycles. The second-order valence-corrected chi connectivity index (χ2v) is 3.20. The number of nitrogens with zero attached hydrogens (tertiary/aromatic N) is 1. The first-order valence-electron chi connectivity index (χ1n) is 4.16. The van der Waals surface area contributed by atoms with Crippen LogP contribution >= 0.6 is 0 Å². The summed E-state index contributed by atoms with van der Waals surface area (Å²) in [4.78, 5) is 2.47. The van der Waals surface area contributed by atoms with Crippen LogP contribution in [-0.4, -0.2) is 11.2 Å². The van der Waals surface area contributed by atoms with Crippen LogP contribution in [0.2, 0.25) is 0 Å². The zero-order chi connectivity index (χ0) is 14.4. The van der Waals surface area contributed by atoms with Crippen molar-refractivity contribution in [1.82, 2.24) is 4.98 Å². The summed E-state index contributed by atoms with van der Waals surface area (Å²) in [6.45, 7) is 0. The van der Waals surface area contributed by atoms with E-state index in [0.717, 1.165) is 0 Å². The number of hydrogen-bond acceptors (Lipinski definition) is 2. The largest absolute Gasteiger partial charge is 0.459 e. The van der Waals surface area contributed by atoms with E-state index in [1.165, 1.54) is 0 Å². The van der Waals surface area contributed by atoms with Gasteiger partial charge in [0.1, 0.15) is 11.5 Å². The summed E-state index contributed by atoms with van der Waals surface area (Å²) < 4.78 is 98.8. The van der Waals surface area contributed by atoms with Gasteiger partial charge in [0.2, 0.25) is 0 Å². The molecule has 0 radical (unpaired) electrons. The number of aromatic nitrogens is 1. The Morgan fingerprint density at radius 1 is 0.889 bits per heavy atom. The van der Waals surface area contributed by atoms with Gasteiger partial charge < -0.3 is 5.73 Å². The van der Waals surface area contributed by atoms with Gasteiger partial charge in [-0.3, -0.25) is 0 Å². The SMILES string of the molecule is Nc1ccc(C(F)(F)F)c(C(F)(F)C(F)(F)F)n1. The van der Waals surface area contributed by atoms with Gasteiger partial charge in [0.25, 0.3) is 0 Å². The molecule has 10 heteroatoms. The molecule has 0 saturated carbocycles. The number of halogens is 8. The minimum atomic E-state index is -6.20. The van der Waals surface area contributed by atoms with Crippen LogP contribution < -0.4 is 5.73 Å². The van der Waals surface area contributed by atoms with Crippen molar-refractivity contribution in [2.24, 2.45) is 0 Å². The van der Waals surface area contributed by atoms with E-state index >= 15 is 0 Å². The van der Waals surface area contributed by atoms with Crippen molar-refractivity contribution in [1.29, 1.82) is 0 Å². The standard InChI is InChI=1S/C8H4F8N2/c9-6(10,8(14,15)16)5-3(7(11,12)13)1-2-4(17)18-5/h1-2H,(H2,17,18). The summed E-state index contributed by atoms with van der Waals surface area (Å²) in [6.07, 6.45) is -11.6. The maximum atomic E-state index is 12.9. The van der Waals surface area contributed by atoms with E-state index in [-0.39, 0.29) is 6.07 Å². The fourth-order valence-corrected chi connectivity index (χ4v) is 1.08. The second-order valence-electron chi connectivity index (χ2n) is 3.20. The van der Waals surface area contributed by atoms with Crippen LogP contribution in [0.3, 0.4) is 0 Å². The van der Waals surface area contributed by atoms with Crippen molar-refractivity contribution in [3.8, 4) is 0 Å². The molecule has 0 unspecified atom stereocenters. The molecule has 0 spiro atoms. The lowest BCUT2D eigenvalue weighted by atomic mass is 10.1. The molecule has 2 nitrogen and oxygen atoms in total. The van der Waals surface area contributed by atoms with E-state index in [0.29, 0.717) is 6.07 Å². The lowest BCUT2D eigenvalue weighted by molar-refractivity contribution is -0.292. The van der Waals surface area contributed by atoms with Crippen molar-refractivity contribution >= 4 is 5.82 Å². The first kappa shape index (κ1) is 14.5. The van der Waals surface area contributed by atoms with Gasteiger partial charge in [-0.2, -0.15) is 35.1 Å². The first-order chi connectivity index (χ1) is 7.87. The molecule has 0 aliphatic heterocycles. The maximum absolute atomic E-state index is 12.9. The monoisotopic (exact) mass is 280 g/mol. The topological polar surface area (TPSA) is 38.9 Å². The van der Waals surface area contributed by atoms with Crippen LogP contribution in [0.4, 0.5) is 40.9 Å². The smallest absolute Gasteiger partial charge is 0.384 e. The summed E-state index contributed by atoms with van der Waals surface area (Å²) >= 11 is 0. The molecular weight excluding hydrogens is 276 g/mol. The number of rotatable bonds is 1. The van der Waals surface area contributed by atoms with Crippen molar-refractivity contribution < 1.29 is 35.1 Å². The highest BCUT2D eigenvalue weighted by molar-refractivity contribution is 5.38. The van der Waals surface area contributed by atoms with Crippen LogP contribution in [0.1, 0.15) is 11.3 Å². The Balaban J connectivity index is 3.53. The molecule has 2 N–H and O–H groups in total. The molecule has 0 saturated heterocycles. The van der Waals surface area contributed by atoms with Gasteiger partial charge in [-0.25, -0.2) is 4.98 Å². The fraction of sp³-hybridized carbons (Fsp3) is 0.375. The number of alkyl halides is 8. The third-order valence-corrected chi connectivity index (χ3v) is 1.88. The van der Waals surface area contributed by atoms with Gasteiger partial charge in [-0.1, -0.05) is 0 Å². The Morgan fingerprint density at radius 2 is 1.39 bits per heavy atom. The Kier molecular flexibility index (Phi) is 3.17. The van der Waals surface area contributed by atoms with E-state index in [1.54, 1.807) is 0 Å². The number of nitrogens with two attached hydrogens (primary N) is 1. The van der Waals surface area contributed by atoms with Gasteiger partial charge in [0.05, 0.1) is 5.56 Å². The summed E-state index contributed by atoms with van der Waals surface area (Å²) in [5, 5.41) is 0. The fourth-order valence-electron chi connectivity index (χ4n) is 1.08. The highest BCUT2D eigenvalue weighted by Crippen LogP contribution is 2.47. The molecule has 1 aromatic rings. The highest BCUT2D eigenvalue weighted by Gasteiger charge is 2.62. The Morgan fingerprint density at radius 3 is 1.78 bits per heavy atom. The van der Waals surface area contributed by atoms with E-state index in [1.807, 2.05) is 0 Å². The molecule has 1 rings (SSSR count). The van der Waals surface area contributed by atoms with Crippen LogP contribution in [0, 0.1) is 0 Å². The third kappa shape index (κ3) is 2.46. The molecule has 0 bridgehead atoms. The Hall–Kier alpha value is -1.61. The van der Waals surface area contributed by atoms with Crippen molar-refractivity contribution in [3.63, 3.8) is 0 Å². The Labute approximate surface area is 94.4 Å². The van der Waals surface area contributed by atoms with E-state index in [4.69, 9.17) is 5.73 Å². The van der Waals surface area contributed by atoms with Crippen LogP contribution in [-0.2, 0) is 12.1 Å². The number of nitrogen functional groups attached to an aromatic ring is 1. The molecule has 0 aromatic carbocycles. The summed E-state index contributed by atoms with van der Waals surface area (Å²) in [5.74, 6) is -6.62. The van der Waals surface area contributed by atoms with Gasteiger partial charge in [-0.05, 0) is 12.1 Å². The van der Waals surface area contributed by atoms with E-state index < -0.39 is 35.4 Å². The minimum absolute atomic E-state index is 0.0251. The van der Waals surface area contributed by atoms with E-state index in [9.17, 15) is 35.1 Å². The number of pyridine rings is 1. The Bertz CT molecular complexity index is 447. The second kappa shape index (κ2) is 3.95. The predicted octanol–water partition coefficient (Wildman–Crippen LogP) is 3.34. The zero-order valence-electron chi connectivity index (χ0n) is 8.20. The molecule has 0 atom stereocenters. The molecule has 18 heavy (non-hydrogen) atoms. The average molecular weight is 280 g/mol. The lowest BCUT2D eigenvalue weighted by Gasteiger charge is -2.22. The van der Waals surface area contributed by atoms with Crippen molar-refractivity contribution in [2.45, 2.75) is 18.3 Å². The van der Waals surface area contributed by atoms with Crippen molar-refractivity contribution in [3.05, 3.63) is 23.4 Å². The molecule has 0 aliphatic carbocycles. The van der Waals surface area contributed by atoms with Gasteiger partial charge in [0, 0.05) is 0 Å². The lowest BCUT2D eigenvalue weighted by Crippen LogP contribution is -2.36. The van der Waals surface area contributed by atoms with Crippen LogP contribution in [0.5, 0.6) is 0 Å². The molecule has 0 amide bonds. The van der Waals surface area contributed by atoms with Crippen LogP contribution in [0.25, 0.3) is 0 Å². The summed E-state index contributed by atoms with van der Waals surface area (Å²) in [5.41, 5.74) is 0.194. The van der Waals surface area contributed by atoms with Gasteiger partial charge >= 0.3 is 18.3 Å². The molecule has 0 aliphatic rings. The maximum Gasteiger partial charge on any atom is 0.459 e. The van der Waals surface area contributed by atoms with Crippen LogP contribution in [0.15, 0.2) is 12.1 Å². The molecular formula is C8H4F8N2. The quantitative estimate of drug-likeness (QED) is 0.801. The number of anilines is 1. The molecule has 0 fully saturated rings. The summed E-state index contributed by atoms with van der Waals surface area (Å²) in [7, 11) is 0. The zero-order valence-corrected chi connectivity index (χ0v) is 8.20. The predicted molar refractivity (Wildman–Crippen MR) is 43.6 cm³/mol. The summed E-state index contributed by atoms with van der Waals surface area (Å²) in [6, 6.07) is 0.510. The average Bonchev–Trinajstić information content (AvgIpc) is 2.13. The van der Waals surface area contributed by atoms with E-state index in [2.05, 4.69) is 4.98 Å². The third-order valence-electron chi connectivity index (χ3n) is 1.88. The molecule has 1 heterocycles. The van der Waals surface area contributed by atoms with Crippen molar-refractivity contribution in [2.75, 3.05) is 5.73 Å². The van der Waals surface area contributed by atoms with Gasteiger partial charge in [0.15, 0.2) is 0 Å². The first-order valence-corrected chi connectivity index (χ1v) is 4.16. The van der Waals surface area contributed by atoms with Gasteiger partial charge in [-0.15, -0.1) is 0 Å². The molecule has 102 valence electrons. The minimum Gasteiger partial charge on any atom is -0.384 e.